The van der Waals surface area contributed by atoms with E-state index in [1.807, 2.05) is 54.1 Å². The average Bonchev–Trinajstić information content (AvgIpc) is 3.27. The quantitative estimate of drug-likeness (QED) is 0.329. The number of aliphatic hydroxyl groups is 5. The molecule has 36 heavy (non-hydrogen) atoms. The summed E-state index contributed by atoms with van der Waals surface area (Å²) in [5, 5.41) is 51.0. The van der Waals surface area contributed by atoms with Crippen LogP contribution in [0.2, 0.25) is 0 Å². The smallest absolute Gasteiger partial charge is 0.186 e. The zero-order chi connectivity index (χ0) is 25.4. The summed E-state index contributed by atoms with van der Waals surface area (Å²) in [5.74, 6) is 0. The largest absolute Gasteiger partial charge is 0.394 e. The van der Waals surface area contributed by atoms with E-state index in [4.69, 9.17) is 14.2 Å². The lowest BCUT2D eigenvalue weighted by molar-refractivity contribution is -0.309. The highest BCUT2D eigenvalue weighted by Crippen LogP contribution is 2.37. The Morgan fingerprint density at radius 2 is 1.69 bits per heavy atom. The van der Waals surface area contributed by atoms with Crippen LogP contribution >= 0.6 is 0 Å². The van der Waals surface area contributed by atoms with Crippen molar-refractivity contribution in [1.82, 2.24) is 9.55 Å². The second-order valence-electron chi connectivity index (χ2n) is 9.55. The molecule has 0 spiro atoms. The minimum Gasteiger partial charge on any atom is -0.394 e. The normalized spacial score (nSPS) is 33.2. The van der Waals surface area contributed by atoms with Crippen molar-refractivity contribution in [3.05, 3.63) is 54.4 Å². The van der Waals surface area contributed by atoms with E-state index in [0.717, 1.165) is 22.2 Å². The number of rotatable bonds is 6. The number of aryl methyl sites for hydroxylation is 1. The number of hydrogen-bond donors (Lipinski definition) is 5. The first kappa shape index (κ1) is 25.2. The summed E-state index contributed by atoms with van der Waals surface area (Å²) in [5.41, 5.74) is 4.50. The molecule has 0 amide bonds. The molecule has 0 radical (unpaired) electrons. The highest BCUT2D eigenvalue weighted by atomic mass is 16.7. The van der Waals surface area contributed by atoms with Crippen molar-refractivity contribution in [2.45, 2.75) is 61.9 Å². The molecule has 2 saturated heterocycles. The van der Waals surface area contributed by atoms with E-state index in [2.05, 4.69) is 4.98 Å². The van der Waals surface area contributed by atoms with Gasteiger partial charge in [-0.3, -0.25) is 0 Å². The molecule has 2 aromatic carbocycles. The van der Waals surface area contributed by atoms with Gasteiger partial charge in [0, 0.05) is 19.9 Å². The molecule has 5 rings (SSSR count). The minimum absolute atomic E-state index is 0.0765. The number of fused-ring (bicyclic) bond motifs is 1. The van der Waals surface area contributed by atoms with E-state index in [1.165, 1.54) is 0 Å². The van der Waals surface area contributed by atoms with E-state index < -0.39 is 49.0 Å². The molecule has 0 bridgehead atoms. The minimum atomic E-state index is -1.33. The van der Waals surface area contributed by atoms with Crippen molar-refractivity contribution in [2.24, 2.45) is 7.05 Å². The van der Waals surface area contributed by atoms with Crippen molar-refractivity contribution >= 4 is 11.0 Å². The first-order valence-electron chi connectivity index (χ1n) is 12.1. The molecule has 2 aliphatic rings. The van der Waals surface area contributed by atoms with E-state index >= 15 is 0 Å². The second kappa shape index (κ2) is 10.5. The molecule has 8 atom stereocenters. The Kier molecular flexibility index (Phi) is 7.38. The van der Waals surface area contributed by atoms with Crippen LogP contribution in [0.25, 0.3) is 22.2 Å². The maximum absolute atomic E-state index is 11.2. The van der Waals surface area contributed by atoms with Gasteiger partial charge in [-0.15, -0.1) is 0 Å². The molecular weight excluding hydrogens is 468 g/mol. The number of ether oxygens (including phenoxy) is 3. The second-order valence-corrected chi connectivity index (χ2v) is 9.55. The third kappa shape index (κ3) is 4.91. The maximum Gasteiger partial charge on any atom is 0.186 e. The van der Waals surface area contributed by atoms with Gasteiger partial charge in [0.1, 0.15) is 18.3 Å². The highest BCUT2D eigenvalue weighted by molar-refractivity contribution is 5.82. The van der Waals surface area contributed by atoms with Crippen LogP contribution in [0.1, 0.15) is 24.5 Å². The summed E-state index contributed by atoms with van der Waals surface area (Å²) in [6, 6.07) is 13.6. The van der Waals surface area contributed by atoms with Gasteiger partial charge in [0.25, 0.3) is 0 Å². The van der Waals surface area contributed by atoms with Gasteiger partial charge in [-0.1, -0.05) is 24.3 Å². The van der Waals surface area contributed by atoms with Crippen LogP contribution in [0, 0.1) is 0 Å². The number of imidazole rings is 1. The molecule has 0 aliphatic carbocycles. The third-order valence-corrected chi connectivity index (χ3v) is 7.02. The van der Waals surface area contributed by atoms with Gasteiger partial charge in [-0.25, -0.2) is 4.98 Å². The summed E-state index contributed by atoms with van der Waals surface area (Å²) in [4.78, 5) is 4.36. The van der Waals surface area contributed by atoms with E-state index in [9.17, 15) is 25.5 Å². The Bertz CT molecular complexity index is 1190. The van der Waals surface area contributed by atoms with Crippen molar-refractivity contribution in [1.29, 1.82) is 0 Å². The molecule has 1 aromatic heterocycles. The Hall–Kier alpha value is -2.41. The number of aliphatic hydroxyl groups excluding tert-OH is 5. The van der Waals surface area contributed by atoms with Crippen LogP contribution in [0.3, 0.4) is 0 Å². The van der Waals surface area contributed by atoms with Crippen molar-refractivity contribution < 1.29 is 39.7 Å². The number of hydrogen-bond acceptors (Lipinski definition) is 9. The lowest BCUT2D eigenvalue weighted by Crippen LogP contribution is -2.54. The van der Waals surface area contributed by atoms with Crippen molar-refractivity contribution in [2.75, 3.05) is 13.2 Å². The summed E-state index contributed by atoms with van der Waals surface area (Å²) in [6.45, 7) is -0.616. The van der Waals surface area contributed by atoms with Gasteiger partial charge in [-0.05, 0) is 34.9 Å². The fourth-order valence-electron chi connectivity index (χ4n) is 4.99. The molecule has 5 N–H and O–H groups in total. The molecule has 8 unspecified atom stereocenters. The fraction of sp³-hybridized carbons (Fsp3) is 0.500. The van der Waals surface area contributed by atoms with Crippen LogP contribution < -0.4 is 0 Å². The number of aromatic nitrogens is 2. The van der Waals surface area contributed by atoms with E-state index in [-0.39, 0.29) is 26.1 Å². The van der Waals surface area contributed by atoms with Gasteiger partial charge >= 0.3 is 0 Å². The zero-order valence-electron chi connectivity index (χ0n) is 19.9. The number of nitrogens with zero attached hydrogens (tertiary/aromatic N) is 2. The predicted octanol–water partition coefficient (Wildman–Crippen LogP) is 0.638. The molecule has 0 saturated carbocycles. The summed E-state index contributed by atoms with van der Waals surface area (Å²) in [6.07, 6.45) is -5.79. The van der Waals surface area contributed by atoms with Gasteiger partial charge in [0.2, 0.25) is 0 Å². The van der Waals surface area contributed by atoms with E-state index in [1.54, 1.807) is 6.33 Å². The first-order valence-corrected chi connectivity index (χ1v) is 12.1. The lowest BCUT2D eigenvalue weighted by atomic mass is 9.91. The Morgan fingerprint density at radius 1 is 0.944 bits per heavy atom. The van der Waals surface area contributed by atoms with E-state index in [0.29, 0.717) is 5.56 Å². The molecule has 3 aromatic rings. The monoisotopic (exact) mass is 500 g/mol. The highest BCUT2D eigenvalue weighted by Gasteiger charge is 2.44. The third-order valence-electron chi connectivity index (χ3n) is 7.02. The maximum atomic E-state index is 11.2. The summed E-state index contributed by atoms with van der Waals surface area (Å²) < 4.78 is 19.5. The van der Waals surface area contributed by atoms with Crippen LogP contribution in [-0.2, 0) is 21.3 Å². The van der Waals surface area contributed by atoms with Gasteiger partial charge in [0.15, 0.2) is 6.29 Å². The van der Waals surface area contributed by atoms with Gasteiger partial charge < -0.3 is 44.3 Å². The van der Waals surface area contributed by atoms with Crippen LogP contribution in [0.4, 0.5) is 0 Å². The Labute approximate surface area is 208 Å². The van der Waals surface area contributed by atoms with Crippen molar-refractivity contribution in [3.63, 3.8) is 0 Å². The van der Waals surface area contributed by atoms with Crippen LogP contribution in [0.5, 0.6) is 0 Å². The lowest BCUT2D eigenvalue weighted by Gasteiger charge is -2.43. The molecule has 10 heteroatoms. The summed E-state index contributed by atoms with van der Waals surface area (Å²) in [7, 11) is 1.94. The van der Waals surface area contributed by atoms with Crippen molar-refractivity contribution in [3.8, 4) is 11.1 Å². The zero-order valence-corrected chi connectivity index (χ0v) is 19.9. The van der Waals surface area contributed by atoms with Gasteiger partial charge in [-0.2, -0.15) is 0 Å². The first-order chi connectivity index (χ1) is 17.4. The molecule has 2 fully saturated rings. The van der Waals surface area contributed by atoms with Crippen LogP contribution in [0.15, 0.2) is 48.8 Å². The Balaban J connectivity index is 1.40. The van der Waals surface area contributed by atoms with Gasteiger partial charge in [0.05, 0.1) is 55.0 Å². The standard InChI is InChI=1S/C26H32N2O8/c1-28-13-27-19-6-5-15(8-20(19)28)14-3-2-4-16(7-14)25-24(33)22(10-18(12-30)34-25)36-26-23(32)21(31)9-17(11-29)35-26/h2-8,13,17-18,21-26,29-33H,9-12H2,1H3. The fourth-order valence-corrected chi connectivity index (χ4v) is 4.99. The molecule has 10 nitrogen and oxygen atoms in total. The molecule has 2 aliphatic heterocycles. The number of benzene rings is 2. The Morgan fingerprint density at radius 3 is 2.47 bits per heavy atom. The SMILES string of the molecule is Cn1cnc2ccc(-c3cccc(C4OC(CO)CC(OC5OC(CO)CC(O)C5O)C4O)c3)cc21. The molecular formula is C26H32N2O8. The molecule has 3 heterocycles. The average molecular weight is 501 g/mol. The summed E-state index contributed by atoms with van der Waals surface area (Å²) >= 11 is 0. The topological polar surface area (TPSA) is 147 Å². The molecule has 194 valence electrons. The predicted molar refractivity (Wildman–Crippen MR) is 129 cm³/mol. The van der Waals surface area contributed by atoms with Crippen LogP contribution in [-0.4, -0.2) is 91.2 Å².